The van der Waals surface area contributed by atoms with Gasteiger partial charge in [0.25, 0.3) is 0 Å². The largest absolute Gasteiger partial charge is 0.338 e. The molecule has 3 rings (SSSR count). The lowest BCUT2D eigenvalue weighted by molar-refractivity contribution is -0.134. The first kappa shape index (κ1) is 19.5. The Morgan fingerprint density at radius 2 is 1.81 bits per heavy atom. The molecule has 0 aromatic heterocycles. The second kappa shape index (κ2) is 8.21. The molecule has 0 saturated carbocycles. The number of halogens is 1. The van der Waals surface area contributed by atoms with E-state index < -0.39 is 15.8 Å². The molecule has 0 spiro atoms. The van der Waals surface area contributed by atoms with Crippen LogP contribution in [-0.4, -0.2) is 43.3 Å². The van der Waals surface area contributed by atoms with E-state index in [2.05, 4.69) is 0 Å². The van der Waals surface area contributed by atoms with E-state index >= 15 is 0 Å². The molecule has 1 saturated heterocycles. The molecular weight excluding hydrogens is 365 g/mol. The summed E-state index contributed by atoms with van der Waals surface area (Å²) in [6, 6.07) is 15.4. The highest BCUT2D eigenvalue weighted by Gasteiger charge is 2.36. The van der Waals surface area contributed by atoms with Gasteiger partial charge in [0, 0.05) is 12.6 Å². The van der Waals surface area contributed by atoms with Gasteiger partial charge in [-0.25, -0.2) is 12.8 Å². The average molecular weight is 389 g/mol. The van der Waals surface area contributed by atoms with Crippen LogP contribution in [0.15, 0.2) is 54.6 Å². The van der Waals surface area contributed by atoms with Gasteiger partial charge in [-0.1, -0.05) is 42.5 Å². The van der Waals surface area contributed by atoms with Gasteiger partial charge in [-0.05, 0) is 43.0 Å². The molecule has 1 amide bonds. The fourth-order valence-corrected chi connectivity index (χ4v) is 5.44. The minimum Gasteiger partial charge on any atom is -0.338 e. The van der Waals surface area contributed by atoms with Crippen LogP contribution in [0.5, 0.6) is 0 Å². The first-order valence-corrected chi connectivity index (χ1v) is 11.0. The van der Waals surface area contributed by atoms with Gasteiger partial charge >= 0.3 is 0 Å². The highest BCUT2D eigenvalue weighted by Crippen LogP contribution is 2.27. The van der Waals surface area contributed by atoms with Crippen LogP contribution in [0.4, 0.5) is 4.39 Å². The van der Waals surface area contributed by atoms with E-state index in [1.165, 1.54) is 12.1 Å². The molecule has 1 aliphatic heterocycles. The molecule has 2 unspecified atom stereocenters. The molecule has 2 atom stereocenters. The number of nitrogens with zero attached hydrogens (tertiary/aromatic N) is 1. The van der Waals surface area contributed by atoms with Crippen LogP contribution in [0.3, 0.4) is 0 Å². The predicted molar refractivity (Wildman–Crippen MR) is 104 cm³/mol. The summed E-state index contributed by atoms with van der Waals surface area (Å²) in [5.74, 6) is -0.778. The van der Waals surface area contributed by atoms with Crippen LogP contribution >= 0.6 is 0 Å². The fraction of sp³-hybridized carbons (Fsp3) is 0.381. The van der Waals surface area contributed by atoms with Gasteiger partial charge < -0.3 is 4.90 Å². The second-order valence-electron chi connectivity index (χ2n) is 6.97. The first-order chi connectivity index (χ1) is 12.9. The number of carbonyl (C=O) groups is 1. The highest BCUT2D eigenvalue weighted by molar-refractivity contribution is 7.91. The summed E-state index contributed by atoms with van der Waals surface area (Å²) < 4.78 is 37.1. The minimum atomic E-state index is -3.08. The van der Waals surface area contributed by atoms with Crippen molar-refractivity contribution in [2.24, 2.45) is 0 Å². The number of amides is 1. The van der Waals surface area contributed by atoms with Crippen molar-refractivity contribution in [2.45, 2.75) is 31.7 Å². The lowest BCUT2D eigenvalue weighted by Crippen LogP contribution is -2.44. The van der Waals surface area contributed by atoms with E-state index in [9.17, 15) is 17.6 Å². The number of carbonyl (C=O) groups excluding carboxylic acids is 1. The van der Waals surface area contributed by atoms with Crippen molar-refractivity contribution in [2.75, 3.05) is 18.1 Å². The van der Waals surface area contributed by atoms with Gasteiger partial charge in [0.05, 0.1) is 17.4 Å². The third-order valence-corrected chi connectivity index (χ3v) is 6.88. The van der Waals surface area contributed by atoms with Crippen LogP contribution in [0.25, 0.3) is 0 Å². The average Bonchev–Trinajstić information content (AvgIpc) is 3.01. The second-order valence-corrected chi connectivity index (χ2v) is 9.20. The van der Waals surface area contributed by atoms with E-state index in [4.69, 9.17) is 0 Å². The molecule has 2 aromatic rings. The summed E-state index contributed by atoms with van der Waals surface area (Å²) in [4.78, 5) is 15.1. The molecule has 1 aliphatic rings. The number of hydrogen-bond acceptors (Lipinski definition) is 3. The Balaban J connectivity index is 1.90. The quantitative estimate of drug-likeness (QED) is 0.762. The van der Waals surface area contributed by atoms with Crippen LogP contribution < -0.4 is 0 Å². The van der Waals surface area contributed by atoms with Crippen molar-refractivity contribution < 1.29 is 17.6 Å². The predicted octanol–water partition coefficient (Wildman–Crippen LogP) is 3.19. The van der Waals surface area contributed by atoms with E-state index in [1.807, 2.05) is 37.3 Å². The fourth-order valence-electron chi connectivity index (χ4n) is 3.71. The monoisotopic (exact) mass is 389 g/mol. The van der Waals surface area contributed by atoms with Crippen molar-refractivity contribution >= 4 is 15.7 Å². The third-order valence-electron chi connectivity index (χ3n) is 5.13. The van der Waals surface area contributed by atoms with E-state index in [-0.39, 0.29) is 29.3 Å². The summed E-state index contributed by atoms with van der Waals surface area (Å²) in [5.41, 5.74) is 1.75. The van der Waals surface area contributed by atoms with Gasteiger partial charge in [-0.15, -0.1) is 0 Å². The van der Waals surface area contributed by atoms with E-state index in [0.717, 1.165) is 11.1 Å². The Labute approximate surface area is 159 Å². The molecule has 4 nitrogen and oxygen atoms in total. The zero-order chi connectivity index (χ0) is 19.4. The molecule has 2 aromatic carbocycles. The maximum absolute atomic E-state index is 13.4. The summed E-state index contributed by atoms with van der Waals surface area (Å²) in [6.45, 7) is 2.32. The lowest BCUT2D eigenvalue weighted by Gasteiger charge is -2.31. The molecular formula is C21H24FNO3S. The van der Waals surface area contributed by atoms with Gasteiger partial charge in [0.15, 0.2) is 9.84 Å². The SMILES string of the molecule is CCN(C(=O)C(Cc1ccccc1)c1ccc(F)cc1)C1CCS(=O)(=O)C1. The van der Waals surface area contributed by atoms with Crippen LogP contribution in [0.1, 0.15) is 30.4 Å². The molecule has 0 N–H and O–H groups in total. The number of rotatable bonds is 6. The summed E-state index contributed by atoms with van der Waals surface area (Å²) in [6.07, 6.45) is 0.963. The molecule has 27 heavy (non-hydrogen) atoms. The van der Waals surface area contributed by atoms with Crippen molar-refractivity contribution in [3.63, 3.8) is 0 Å². The molecule has 1 fully saturated rings. The Hall–Kier alpha value is -2.21. The third kappa shape index (κ3) is 4.75. The van der Waals surface area contributed by atoms with Gasteiger partial charge in [0.1, 0.15) is 5.82 Å². The lowest BCUT2D eigenvalue weighted by atomic mass is 9.90. The van der Waals surface area contributed by atoms with Crippen LogP contribution in [-0.2, 0) is 21.1 Å². The van der Waals surface area contributed by atoms with Gasteiger partial charge in [0.2, 0.25) is 5.91 Å². The molecule has 144 valence electrons. The van der Waals surface area contributed by atoms with E-state index in [1.54, 1.807) is 17.0 Å². The van der Waals surface area contributed by atoms with Crippen molar-refractivity contribution in [1.29, 1.82) is 0 Å². The number of sulfone groups is 1. The maximum Gasteiger partial charge on any atom is 0.230 e. The standard InChI is InChI=1S/C21H24FNO3S/c1-2-23(19-12-13-27(25,26)15-19)21(24)20(14-16-6-4-3-5-7-16)17-8-10-18(22)11-9-17/h3-11,19-20H,2,12-15H2,1H3. The smallest absolute Gasteiger partial charge is 0.230 e. The topological polar surface area (TPSA) is 54.5 Å². The molecule has 1 heterocycles. The van der Waals surface area contributed by atoms with Gasteiger partial charge in [-0.3, -0.25) is 4.79 Å². The molecule has 0 bridgehead atoms. The molecule has 0 aliphatic carbocycles. The Kier molecular flexibility index (Phi) is 5.95. The first-order valence-electron chi connectivity index (χ1n) is 9.20. The summed E-state index contributed by atoms with van der Waals surface area (Å²) in [7, 11) is -3.08. The normalized spacial score (nSPS) is 19.6. The Morgan fingerprint density at radius 3 is 2.37 bits per heavy atom. The maximum atomic E-state index is 13.4. The van der Waals surface area contributed by atoms with E-state index in [0.29, 0.717) is 19.4 Å². The number of hydrogen-bond donors (Lipinski definition) is 0. The van der Waals surface area contributed by atoms with Crippen LogP contribution in [0, 0.1) is 5.82 Å². The molecule has 6 heteroatoms. The number of benzene rings is 2. The number of likely N-dealkylation sites (N-methyl/N-ethyl adjacent to an activating group) is 1. The summed E-state index contributed by atoms with van der Waals surface area (Å²) >= 11 is 0. The Bertz CT molecular complexity index is 881. The van der Waals surface area contributed by atoms with Crippen molar-refractivity contribution in [1.82, 2.24) is 4.90 Å². The van der Waals surface area contributed by atoms with Crippen molar-refractivity contribution in [3.05, 3.63) is 71.5 Å². The zero-order valence-corrected chi connectivity index (χ0v) is 16.2. The summed E-state index contributed by atoms with van der Waals surface area (Å²) in [5, 5.41) is 0. The van der Waals surface area contributed by atoms with Crippen LogP contribution in [0.2, 0.25) is 0 Å². The minimum absolute atomic E-state index is 0.0219. The highest BCUT2D eigenvalue weighted by atomic mass is 32.2. The van der Waals surface area contributed by atoms with Crippen molar-refractivity contribution in [3.8, 4) is 0 Å². The Morgan fingerprint density at radius 1 is 1.15 bits per heavy atom. The molecule has 0 radical (unpaired) electrons. The van der Waals surface area contributed by atoms with Gasteiger partial charge in [-0.2, -0.15) is 0 Å². The zero-order valence-electron chi connectivity index (χ0n) is 15.3.